The second kappa shape index (κ2) is 3.18. The first-order valence-corrected chi connectivity index (χ1v) is 4.38. The molecule has 12 heavy (non-hydrogen) atoms. The average Bonchev–Trinajstić information content (AvgIpc) is 2.29. The number of thiophene rings is 1. The number of aldehydes is 1. The molecular formula is C6H2BrF3OS. The van der Waals surface area contributed by atoms with Crippen molar-refractivity contribution in [2.75, 3.05) is 0 Å². The van der Waals surface area contributed by atoms with Gasteiger partial charge in [0.25, 0.3) is 0 Å². The lowest BCUT2D eigenvalue weighted by molar-refractivity contribution is -0.134. The van der Waals surface area contributed by atoms with Crippen LogP contribution in [0.2, 0.25) is 0 Å². The third kappa shape index (κ3) is 1.87. The van der Waals surface area contributed by atoms with E-state index in [0.29, 0.717) is 17.6 Å². The Morgan fingerprint density at radius 1 is 1.50 bits per heavy atom. The molecule has 0 atom stereocenters. The van der Waals surface area contributed by atoms with Crippen molar-refractivity contribution in [3.05, 3.63) is 20.3 Å². The molecule has 0 saturated heterocycles. The Morgan fingerprint density at radius 3 is 2.33 bits per heavy atom. The van der Waals surface area contributed by atoms with Crippen molar-refractivity contribution in [1.29, 1.82) is 0 Å². The SMILES string of the molecule is O=Cc1cc(Br)c(C(F)(F)F)s1. The van der Waals surface area contributed by atoms with Crippen LogP contribution >= 0.6 is 27.3 Å². The molecule has 0 fully saturated rings. The third-order valence-electron chi connectivity index (χ3n) is 1.08. The monoisotopic (exact) mass is 258 g/mol. The number of halogens is 4. The summed E-state index contributed by atoms with van der Waals surface area (Å²) < 4.78 is 36.1. The van der Waals surface area contributed by atoms with E-state index in [1.807, 2.05) is 0 Å². The number of carbonyl (C=O) groups excluding carboxylic acids is 1. The highest BCUT2D eigenvalue weighted by atomic mass is 79.9. The number of alkyl halides is 3. The lowest BCUT2D eigenvalue weighted by Crippen LogP contribution is -2.01. The predicted molar refractivity (Wildman–Crippen MR) is 42.4 cm³/mol. The summed E-state index contributed by atoms with van der Waals surface area (Å²) in [6, 6.07) is 1.15. The van der Waals surface area contributed by atoms with Gasteiger partial charge in [0.1, 0.15) is 4.88 Å². The smallest absolute Gasteiger partial charge is 0.297 e. The van der Waals surface area contributed by atoms with Gasteiger partial charge in [-0.1, -0.05) is 0 Å². The third-order valence-corrected chi connectivity index (χ3v) is 3.07. The summed E-state index contributed by atoms with van der Waals surface area (Å²) in [5.41, 5.74) is 0. The van der Waals surface area contributed by atoms with Crippen LogP contribution in [0.3, 0.4) is 0 Å². The van der Waals surface area contributed by atoms with Crippen LogP contribution in [0.15, 0.2) is 10.5 Å². The molecule has 1 nitrogen and oxygen atoms in total. The van der Waals surface area contributed by atoms with Gasteiger partial charge in [0.05, 0.1) is 4.88 Å². The van der Waals surface area contributed by atoms with Crippen LogP contribution in [-0.2, 0) is 6.18 Å². The fraction of sp³-hybridized carbons (Fsp3) is 0.167. The zero-order chi connectivity index (χ0) is 9.35. The van der Waals surface area contributed by atoms with E-state index >= 15 is 0 Å². The van der Waals surface area contributed by atoms with Crippen LogP contribution in [0.5, 0.6) is 0 Å². The molecule has 6 heteroatoms. The van der Waals surface area contributed by atoms with Gasteiger partial charge in [-0.2, -0.15) is 13.2 Å². The number of carbonyl (C=O) groups is 1. The molecular weight excluding hydrogens is 257 g/mol. The summed E-state index contributed by atoms with van der Waals surface area (Å²) in [5, 5.41) is 0. The van der Waals surface area contributed by atoms with Crippen molar-refractivity contribution in [3.63, 3.8) is 0 Å². The lowest BCUT2D eigenvalue weighted by Gasteiger charge is -2.01. The van der Waals surface area contributed by atoms with E-state index < -0.39 is 11.1 Å². The summed E-state index contributed by atoms with van der Waals surface area (Å²) >= 11 is 3.15. The van der Waals surface area contributed by atoms with Gasteiger partial charge in [-0.15, -0.1) is 11.3 Å². The van der Waals surface area contributed by atoms with Crippen molar-refractivity contribution in [3.8, 4) is 0 Å². The predicted octanol–water partition coefficient (Wildman–Crippen LogP) is 3.34. The van der Waals surface area contributed by atoms with E-state index in [0.717, 1.165) is 6.07 Å². The van der Waals surface area contributed by atoms with E-state index in [2.05, 4.69) is 15.9 Å². The van der Waals surface area contributed by atoms with Gasteiger partial charge < -0.3 is 0 Å². The molecule has 0 aromatic carbocycles. The fourth-order valence-corrected chi connectivity index (χ4v) is 2.24. The van der Waals surface area contributed by atoms with Crippen LogP contribution in [-0.4, -0.2) is 6.29 Å². The second-order valence-electron chi connectivity index (χ2n) is 1.94. The Kier molecular flexibility index (Phi) is 2.58. The molecule has 1 rings (SSSR count). The van der Waals surface area contributed by atoms with Crippen molar-refractivity contribution in [2.45, 2.75) is 6.18 Å². The lowest BCUT2D eigenvalue weighted by atomic mass is 10.4. The van der Waals surface area contributed by atoms with Crippen molar-refractivity contribution in [2.24, 2.45) is 0 Å². The molecule has 0 spiro atoms. The van der Waals surface area contributed by atoms with Gasteiger partial charge >= 0.3 is 6.18 Å². The number of hydrogen-bond donors (Lipinski definition) is 0. The van der Waals surface area contributed by atoms with E-state index in [1.54, 1.807) is 0 Å². The van der Waals surface area contributed by atoms with Gasteiger partial charge in [-0.3, -0.25) is 4.79 Å². The molecule has 0 saturated carbocycles. The van der Waals surface area contributed by atoms with E-state index in [1.165, 1.54) is 0 Å². The summed E-state index contributed by atoms with van der Waals surface area (Å²) in [5.74, 6) is 0. The summed E-state index contributed by atoms with van der Waals surface area (Å²) in [6.45, 7) is 0. The van der Waals surface area contributed by atoms with E-state index in [9.17, 15) is 18.0 Å². The topological polar surface area (TPSA) is 17.1 Å². The molecule has 0 unspecified atom stereocenters. The minimum Gasteiger partial charge on any atom is -0.297 e. The highest BCUT2D eigenvalue weighted by Gasteiger charge is 2.35. The van der Waals surface area contributed by atoms with Gasteiger partial charge in [-0.25, -0.2) is 0 Å². The maximum atomic E-state index is 12.1. The molecule has 1 aromatic heterocycles. The van der Waals surface area contributed by atoms with Crippen LogP contribution in [0, 0.1) is 0 Å². The fourth-order valence-electron chi connectivity index (χ4n) is 0.638. The minimum absolute atomic E-state index is 0.0641. The minimum atomic E-state index is -4.38. The summed E-state index contributed by atoms with van der Waals surface area (Å²) in [6.07, 6.45) is -3.99. The molecule has 0 radical (unpaired) electrons. The normalized spacial score (nSPS) is 11.7. The Morgan fingerprint density at radius 2 is 2.08 bits per heavy atom. The molecule has 0 aliphatic rings. The molecule has 0 aliphatic heterocycles. The molecule has 0 bridgehead atoms. The largest absolute Gasteiger partial charge is 0.426 e. The highest BCUT2D eigenvalue weighted by Crippen LogP contribution is 2.40. The average molecular weight is 259 g/mol. The Labute approximate surface area is 78.3 Å². The quantitative estimate of drug-likeness (QED) is 0.707. The maximum absolute atomic E-state index is 12.1. The van der Waals surface area contributed by atoms with Crippen molar-refractivity contribution < 1.29 is 18.0 Å². The first-order chi connectivity index (χ1) is 5.45. The van der Waals surface area contributed by atoms with Crippen LogP contribution in [0.4, 0.5) is 13.2 Å². The number of rotatable bonds is 1. The molecule has 66 valence electrons. The van der Waals surface area contributed by atoms with Gasteiger partial charge in [-0.05, 0) is 22.0 Å². The summed E-state index contributed by atoms with van der Waals surface area (Å²) in [7, 11) is 0. The van der Waals surface area contributed by atoms with Gasteiger partial charge in [0.15, 0.2) is 6.29 Å². The first kappa shape index (κ1) is 9.73. The van der Waals surface area contributed by atoms with Gasteiger partial charge in [0, 0.05) is 4.47 Å². The van der Waals surface area contributed by atoms with E-state index in [-0.39, 0.29) is 9.35 Å². The Hall–Kier alpha value is -0.360. The molecule has 0 N–H and O–H groups in total. The molecule has 1 heterocycles. The van der Waals surface area contributed by atoms with Gasteiger partial charge in [0.2, 0.25) is 0 Å². The standard InChI is InChI=1S/C6H2BrF3OS/c7-4-1-3(2-11)12-5(4)6(8,9)10/h1-2H. The number of hydrogen-bond acceptors (Lipinski definition) is 2. The maximum Gasteiger partial charge on any atom is 0.426 e. The Bertz CT molecular complexity index is 304. The first-order valence-electron chi connectivity index (χ1n) is 2.77. The molecule has 1 aromatic rings. The van der Waals surface area contributed by atoms with E-state index in [4.69, 9.17) is 0 Å². The molecule has 0 amide bonds. The zero-order valence-electron chi connectivity index (χ0n) is 5.48. The zero-order valence-corrected chi connectivity index (χ0v) is 7.89. The summed E-state index contributed by atoms with van der Waals surface area (Å²) in [4.78, 5) is 9.41. The van der Waals surface area contributed by atoms with Crippen LogP contribution in [0.25, 0.3) is 0 Å². The molecule has 0 aliphatic carbocycles. The van der Waals surface area contributed by atoms with Crippen LogP contribution in [0.1, 0.15) is 14.5 Å². The Balaban J connectivity index is 3.16. The van der Waals surface area contributed by atoms with Crippen molar-refractivity contribution in [1.82, 2.24) is 0 Å². The second-order valence-corrected chi connectivity index (χ2v) is 3.88. The van der Waals surface area contributed by atoms with Crippen molar-refractivity contribution >= 4 is 33.6 Å². The highest BCUT2D eigenvalue weighted by molar-refractivity contribution is 9.10. The van der Waals surface area contributed by atoms with Crippen LogP contribution < -0.4 is 0 Å².